The fraction of sp³-hybridized carbons (Fsp3) is 0.125. The van der Waals surface area contributed by atoms with Crippen LogP contribution in [0.1, 0.15) is 22.6 Å². The maximum atomic E-state index is 9.75. The van der Waals surface area contributed by atoms with E-state index in [1.165, 1.54) is 0 Å². The second kappa shape index (κ2) is 8.10. The molecule has 0 amide bonds. The van der Waals surface area contributed by atoms with Gasteiger partial charge in [-0.05, 0) is 29.3 Å². The van der Waals surface area contributed by atoms with Crippen molar-refractivity contribution in [1.29, 1.82) is 5.26 Å². The number of nitrogens with two attached hydrogens (primary N) is 2. The molecule has 0 spiro atoms. The standard InChI is InChI=1S/C24H21N3O3/c1-28-20-10-7-16(11-22(20)29-14-15-5-3-2-4-6-15)23-18-9-8-17(26)12-21(18)30-24(27)19(23)13-25/h2-12,23H,14,26-27H2,1H3/t23-/m0/s1. The lowest BCUT2D eigenvalue weighted by atomic mass is 9.83. The number of nitrogens with zero attached hydrogens (tertiary/aromatic N) is 1. The van der Waals surface area contributed by atoms with Gasteiger partial charge in [-0.1, -0.05) is 42.5 Å². The van der Waals surface area contributed by atoms with Crippen LogP contribution in [0, 0.1) is 11.3 Å². The molecule has 1 aliphatic rings. The van der Waals surface area contributed by atoms with Crippen LogP contribution in [0.2, 0.25) is 0 Å². The zero-order chi connectivity index (χ0) is 21.1. The molecule has 0 bridgehead atoms. The van der Waals surface area contributed by atoms with Gasteiger partial charge in [0.05, 0.1) is 13.0 Å². The number of fused-ring (bicyclic) bond motifs is 1. The summed E-state index contributed by atoms with van der Waals surface area (Å²) in [5.74, 6) is 1.40. The molecule has 0 unspecified atom stereocenters. The number of anilines is 1. The van der Waals surface area contributed by atoms with Crippen LogP contribution in [0.25, 0.3) is 0 Å². The van der Waals surface area contributed by atoms with E-state index < -0.39 is 5.92 Å². The molecule has 4 rings (SSSR count). The molecule has 4 N–H and O–H groups in total. The minimum Gasteiger partial charge on any atom is -0.493 e. The third-order valence-electron chi connectivity index (χ3n) is 5.00. The third kappa shape index (κ3) is 3.61. The molecule has 0 fully saturated rings. The number of methoxy groups -OCH3 is 1. The molecule has 150 valence electrons. The molecular weight excluding hydrogens is 378 g/mol. The maximum Gasteiger partial charge on any atom is 0.205 e. The zero-order valence-corrected chi connectivity index (χ0v) is 16.5. The molecule has 0 aliphatic carbocycles. The Bertz CT molecular complexity index is 1150. The van der Waals surface area contributed by atoms with Crippen LogP contribution < -0.4 is 25.7 Å². The Morgan fingerprint density at radius 1 is 1.00 bits per heavy atom. The highest BCUT2D eigenvalue weighted by Gasteiger charge is 2.31. The molecule has 6 nitrogen and oxygen atoms in total. The summed E-state index contributed by atoms with van der Waals surface area (Å²) in [7, 11) is 1.59. The maximum absolute atomic E-state index is 9.75. The van der Waals surface area contributed by atoms with Gasteiger partial charge in [0.1, 0.15) is 24.0 Å². The number of hydrogen-bond donors (Lipinski definition) is 2. The summed E-state index contributed by atoms with van der Waals surface area (Å²) in [4.78, 5) is 0. The molecular formula is C24H21N3O3. The number of ether oxygens (including phenoxy) is 3. The second-order valence-electron chi connectivity index (χ2n) is 6.91. The minimum absolute atomic E-state index is 0.0724. The molecule has 3 aromatic carbocycles. The first-order chi connectivity index (χ1) is 14.6. The number of rotatable bonds is 5. The van der Waals surface area contributed by atoms with Gasteiger partial charge in [-0.2, -0.15) is 5.26 Å². The Balaban J connectivity index is 1.75. The van der Waals surface area contributed by atoms with Gasteiger partial charge in [0.25, 0.3) is 0 Å². The minimum atomic E-state index is -0.399. The summed E-state index contributed by atoms with van der Waals surface area (Å²) < 4.78 is 17.2. The van der Waals surface area contributed by atoms with E-state index in [1.54, 1.807) is 19.2 Å². The average Bonchev–Trinajstić information content (AvgIpc) is 2.77. The Kier molecular flexibility index (Phi) is 5.19. The van der Waals surface area contributed by atoms with Gasteiger partial charge in [-0.3, -0.25) is 0 Å². The van der Waals surface area contributed by atoms with E-state index in [0.717, 1.165) is 16.7 Å². The van der Waals surface area contributed by atoms with E-state index in [-0.39, 0.29) is 5.88 Å². The van der Waals surface area contributed by atoms with Gasteiger partial charge in [0, 0.05) is 17.3 Å². The van der Waals surface area contributed by atoms with Crippen LogP contribution in [0.3, 0.4) is 0 Å². The lowest BCUT2D eigenvalue weighted by Gasteiger charge is -2.27. The van der Waals surface area contributed by atoms with Crippen LogP contribution in [-0.2, 0) is 6.61 Å². The van der Waals surface area contributed by atoms with E-state index in [4.69, 9.17) is 25.7 Å². The van der Waals surface area contributed by atoms with Crippen LogP contribution in [0.5, 0.6) is 17.2 Å². The van der Waals surface area contributed by atoms with Crippen molar-refractivity contribution in [1.82, 2.24) is 0 Å². The molecule has 1 heterocycles. The Morgan fingerprint density at radius 3 is 2.53 bits per heavy atom. The highest BCUT2D eigenvalue weighted by atomic mass is 16.5. The first-order valence-electron chi connectivity index (χ1n) is 9.42. The largest absolute Gasteiger partial charge is 0.493 e. The van der Waals surface area contributed by atoms with Crippen molar-refractivity contribution >= 4 is 5.69 Å². The Labute approximate surface area is 174 Å². The number of hydrogen-bond acceptors (Lipinski definition) is 6. The van der Waals surface area contributed by atoms with Gasteiger partial charge >= 0.3 is 0 Å². The van der Waals surface area contributed by atoms with Crippen LogP contribution in [-0.4, -0.2) is 7.11 Å². The summed E-state index contributed by atoms with van der Waals surface area (Å²) in [5.41, 5.74) is 15.5. The first-order valence-corrected chi connectivity index (χ1v) is 9.42. The lowest BCUT2D eigenvalue weighted by molar-refractivity contribution is 0.284. The molecule has 30 heavy (non-hydrogen) atoms. The van der Waals surface area contributed by atoms with Crippen molar-refractivity contribution < 1.29 is 14.2 Å². The van der Waals surface area contributed by atoms with Crippen LogP contribution in [0.4, 0.5) is 5.69 Å². The number of allylic oxidation sites excluding steroid dienone is 1. The average molecular weight is 399 g/mol. The van der Waals surface area contributed by atoms with Crippen molar-refractivity contribution in [2.75, 3.05) is 12.8 Å². The summed E-state index contributed by atoms with van der Waals surface area (Å²) in [6.45, 7) is 0.393. The van der Waals surface area contributed by atoms with Crippen LogP contribution in [0.15, 0.2) is 78.2 Å². The molecule has 0 saturated heterocycles. The quantitative estimate of drug-likeness (QED) is 0.627. The zero-order valence-electron chi connectivity index (χ0n) is 16.5. The lowest BCUT2D eigenvalue weighted by Crippen LogP contribution is -2.21. The predicted octanol–water partition coefficient (Wildman–Crippen LogP) is 4.07. The van der Waals surface area contributed by atoms with Crippen molar-refractivity contribution in [3.05, 3.63) is 94.9 Å². The van der Waals surface area contributed by atoms with Gasteiger partial charge in [0.15, 0.2) is 11.5 Å². The predicted molar refractivity (Wildman–Crippen MR) is 114 cm³/mol. The number of benzene rings is 3. The molecule has 6 heteroatoms. The van der Waals surface area contributed by atoms with E-state index >= 15 is 0 Å². The fourth-order valence-corrected chi connectivity index (χ4v) is 3.54. The number of nitrogen functional groups attached to an aromatic ring is 1. The number of nitriles is 1. The first kappa shape index (κ1) is 19.2. The summed E-state index contributed by atoms with van der Waals surface area (Å²) in [6.07, 6.45) is 0. The van der Waals surface area contributed by atoms with E-state index in [0.29, 0.717) is 35.1 Å². The summed E-state index contributed by atoms with van der Waals surface area (Å²) in [6, 6.07) is 23.0. The van der Waals surface area contributed by atoms with Crippen molar-refractivity contribution in [2.45, 2.75) is 12.5 Å². The van der Waals surface area contributed by atoms with Crippen LogP contribution >= 0.6 is 0 Å². The van der Waals surface area contributed by atoms with E-state index in [9.17, 15) is 5.26 Å². The topological polar surface area (TPSA) is 104 Å². The molecule has 0 aromatic heterocycles. The van der Waals surface area contributed by atoms with E-state index in [1.807, 2.05) is 54.6 Å². The van der Waals surface area contributed by atoms with Crippen molar-refractivity contribution in [3.8, 4) is 23.3 Å². The molecule has 3 aromatic rings. The third-order valence-corrected chi connectivity index (χ3v) is 5.00. The highest BCUT2D eigenvalue weighted by Crippen LogP contribution is 2.44. The second-order valence-corrected chi connectivity index (χ2v) is 6.91. The summed E-state index contributed by atoms with van der Waals surface area (Å²) in [5, 5.41) is 9.75. The molecule has 0 radical (unpaired) electrons. The monoisotopic (exact) mass is 399 g/mol. The molecule has 0 saturated carbocycles. The highest BCUT2D eigenvalue weighted by molar-refractivity contribution is 5.60. The normalized spacial score (nSPS) is 15.0. The van der Waals surface area contributed by atoms with Gasteiger partial charge < -0.3 is 25.7 Å². The SMILES string of the molecule is COc1ccc([C@@H]2C(C#N)=C(N)Oc3cc(N)ccc32)cc1OCc1ccccc1. The van der Waals surface area contributed by atoms with Crippen molar-refractivity contribution in [2.24, 2.45) is 5.73 Å². The Morgan fingerprint density at radius 2 is 1.80 bits per heavy atom. The smallest absolute Gasteiger partial charge is 0.205 e. The van der Waals surface area contributed by atoms with Gasteiger partial charge in [0.2, 0.25) is 5.88 Å². The van der Waals surface area contributed by atoms with Crippen molar-refractivity contribution in [3.63, 3.8) is 0 Å². The van der Waals surface area contributed by atoms with Gasteiger partial charge in [-0.25, -0.2) is 0 Å². The molecule has 1 atom stereocenters. The van der Waals surface area contributed by atoms with Gasteiger partial charge in [-0.15, -0.1) is 0 Å². The molecule has 1 aliphatic heterocycles. The Hall–Kier alpha value is -4.11. The van der Waals surface area contributed by atoms with E-state index in [2.05, 4.69) is 6.07 Å². The fourth-order valence-electron chi connectivity index (χ4n) is 3.54. The summed E-state index contributed by atoms with van der Waals surface area (Å²) >= 11 is 0.